The summed E-state index contributed by atoms with van der Waals surface area (Å²) in [5, 5.41) is 5.81. The van der Waals surface area contributed by atoms with Gasteiger partial charge in [-0.3, -0.25) is 34.3 Å². The molecule has 10 nitrogen and oxygen atoms in total. The lowest BCUT2D eigenvalue weighted by atomic mass is 9.91. The SMILES string of the molecule is CCNC(=O)Nc1sc2c(c1C(=O)N1CCC(N3CCCC4(C3)SC(=O)N(CC)C4=O)CC1)CCCC2=O. The fourth-order valence-corrected chi connectivity index (χ4v) is 8.71. The number of nitrogens with one attached hydrogen (secondary N) is 2. The largest absolute Gasteiger partial charge is 0.338 e. The first-order valence-corrected chi connectivity index (χ1v) is 15.2. The number of imide groups is 1. The number of urea groups is 1. The van der Waals surface area contributed by atoms with Gasteiger partial charge < -0.3 is 10.2 Å². The molecule has 0 saturated carbocycles. The number of hydrogen-bond donors (Lipinski definition) is 2. The Bertz CT molecular complexity index is 1160. The topological polar surface area (TPSA) is 119 Å². The molecule has 1 aromatic rings. The average molecular weight is 562 g/mol. The number of rotatable bonds is 5. The van der Waals surface area contributed by atoms with Crippen molar-refractivity contribution in [1.29, 1.82) is 0 Å². The zero-order chi connectivity index (χ0) is 27.0. The molecule has 4 heterocycles. The number of piperidine rings is 2. The Morgan fingerprint density at radius 2 is 1.82 bits per heavy atom. The van der Waals surface area contributed by atoms with Gasteiger partial charge in [0.1, 0.15) is 9.75 Å². The highest BCUT2D eigenvalue weighted by molar-refractivity contribution is 8.16. The Hall–Kier alpha value is -2.44. The summed E-state index contributed by atoms with van der Waals surface area (Å²) in [6.07, 6.45) is 4.96. The van der Waals surface area contributed by atoms with Crippen LogP contribution < -0.4 is 10.6 Å². The van der Waals surface area contributed by atoms with Gasteiger partial charge in [-0.15, -0.1) is 11.3 Å². The van der Waals surface area contributed by atoms with Crippen molar-refractivity contribution in [1.82, 2.24) is 20.0 Å². The molecule has 1 aromatic heterocycles. The molecule has 0 bridgehead atoms. The van der Waals surface area contributed by atoms with Gasteiger partial charge >= 0.3 is 6.03 Å². The highest BCUT2D eigenvalue weighted by Crippen LogP contribution is 2.44. The lowest BCUT2D eigenvalue weighted by Gasteiger charge is -2.44. The highest BCUT2D eigenvalue weighted by Gasteiger charge is 2.54. The smallest absolute Gasteiger partial charge is 0.319 e. The Morgan fingerprint density at radius 1 is 1.05 bits per heavy atom. The third-order valence-electron chi connectivity index (χ3n) is 8.08. The molecule has 12 heteroatoms. The van der Waals surface area contributed by atoms with Crippen LogP contribution in [-0.4, -0.2) is 93.6 Å². The van der Waals surface area contributed by atoms with Crippen molar-refractivity contribution in [3.8, 4) is 0 Å². The molecule has 1 aliphatic carbocycles. The van der Waals surface area contributed by atoms with E-state index in [1.54, 1.807) is 0 Å². The van der Waals surface area contributed by atoms with Crippen LogP contribution in [0, 0.1) is 0 Å². The molecule has 4 aliphatic rings. The molecule has 3 aliphatic heterocycles. The Labute approximate surface area is 230 Å². The molecular formula is C26H35N5O5S2. The van der Waals surface area contributed by atoms with Crippen LogP contribution in [0.2, 0.25) is 0 Å². The first-order chi connectivity index (χ1) is 18.3. The van der Waals surface area contributed by atoms with Crippen LogP contribution in [0.1, 0.15) is 78.0 Å². The number of nitrogens with zero attached hydrogens (tertiary/aromatic N) is 3. The molecule has 2 N–H and O–H groups in total. The maximum atomic E-state index is 13.8. The van der Waals surface area contributed by atoms with Gasteiger partial charge in [0.25, 0.3) is 11.1 Å². The average Bonchev–Trinajstić information content (AvgIpc) is 3.38. The molecule has 1 unspecified atom stereocenters. The monoisotopic (exact) mass is 561 g/mol. The predicted molar refractivity (Wildman–Crippen MR) is 147 cm³/mol. The van der Waals surface area contributed by atoms with Crippen LogP contribution in [0.15, 0.2) is 0 Å². The molecule has 0 radical (unpaired) electrons. The standard InChI is InChI=1S/C26H35N5O5S2/c1-3-27-24(35)28-21-19(17-7-5-8-18(32)20(17)37-21)22(33)29-13-9-16(10-14-29)30-12-6-11-26(15-30)23(34)31(4-2)25(36)38-26/h16H,3-15H2,1-2H3,(H2,27,28,35). The van der Waals surface area contributed by atoms with E-state index in [0.29, 0.717) is 67.4 Å². The number of amides is 5. The van der Waals surface area contributed by atoms with Gasteiger partial charge in [-0.1, -0.05) is 0 Å². The fourth-order valence-electron chi connectivity index (χ4n) is 6.17. The van der Waals surface area contributed by atoms with Gasteiger partial charge in [-0.2, -0.15) is 0 Å². The third-order valence-corrected chi connectivity index (χ3v) is 10.6. The molecular weight excluding hydrogens is 526 g/mol. The lowest BCUT2D eigenvalue weighted by molar-refractivity contribution is -0.131. The van der Waals surface area contributed by atoms with E-state index in [1.165, 1.54) is 28.0 Å². The molecule has 3 saturated heterocycles. The zero-order valence-electron chi connectivity index (χ0n) is 22.0. The lowest BCUT2D eigenvalue weighted by Crippen LogP contribution is -2.56. The van der Waals surface area contributed by atoms with Crippen molar-refractivity contribution in [3.63, 3.8) is 0 Å². The van der Waals surface area contributed by atoms with Crippen LogP contribution in [0.3, 0.4) is 0 Å². The van der Waals surface area contributed by atoms with Crippen molar-refractivity contribution < 1.29 is 24.0 Å². The van der Waals surface area contributed by atoms with Crippen LogP contribution in [0.25, 0.3) is 0 Å². The number of carbonyl (C=O) groups is 5. The summed E-state index contributed by atoms with van der Waals surface area (Å²) in [6.45, 7) is 7.09. The van der Waals surface area contributed by atoms with E-state index in [0.717, 1.165) is 37.8 Å². The van der Waals surface area contributed by atoms with Crippen LogP contribution in [0.5, 0.6) is 0 Å². The molecule has 0 aromatic carbocycles. The van der Waals surface area contributed by atoms with E-state index in [2.05, 4.69) is 15.5 Å². The van der Waals surface area contributed by atoms with E-state index < -0.39 is 4.75 Å². The van der Waals surface area contributed by atoms with Crippen LogP contribution >= 0.6 is 23.1 Å². The first-order valence-electron chi connectivity index (χ1n) is 13.6. The van der Waals surface area contributed by atoms with Crippen LogP contribution in [0.4, 0.5) is 14.6 Å². The number of likely N-dealkylation sites (tertiary alicyclic amines) is 2. The zero-order valence-corrected chi connectivity index (χ0v) is 23.6. The number of fused-ring (bicyclic) bond motifs is 1. The van der Waals surface area contributed by atoms with E-state index in [1.807, 2.05) is 18.7 Å². The van der Waals surface area contributed by atoms with E-state index in [4.69, 9.17) is 0 Å². The number of carbonyl (C=O) groups excluding carboxylic acids is 5. The summed E-state index contributed by atoms with van der Waals surface area (Å²) in [7, 11) is 0. The van der Waals surface area contributed by atoms with Crippen LogP contribution in [-0.2, 0) is 11.2 Å². The number of hydrogen-bond acceptors (Lipinski definition) is 8. The maximum Gasteiger partial charge on any atom is 0.319 e. The minimum Gasteiger partial charge on any atom is -0.338 e. The van der Waals surface area contributed by atoms with Crippen molar-refractivity contribution in [3.05, 3.63) is 16.0 Å². The van der Waals surface area contributed by atoms with Gasteiger partial charge in [-0.25, -0.2) is 4.79 Å². The molecule has 206 valence electrons. The van der Waals surface area contributed by atoms with E-state index in [9.17, 15) is 24.0 Å². The summed E-state index contributed by atoms with van der Waals surface area (Å²) in [4.78, 5) is 70.2. The van der Waals surface area contributed by atoms with Gasteiger partial charge in [0.15, 0.2) is 5.78 Å². The molecule has 1 spiro atoms. The van der Waals surface area contributed by atoms with E-state index >= 15 is 0 Å². The minimum atomic E-state index is -0.680. The number of Topliss-reactive ketones (excluding diaryl/α,β-unsaturated/α-hetero) is 1. The molecule has 38 heavy (non-hydrogen) atoms. The fraction of sp³-hybridized carbons (Fsp3) is 0.654. The van der Waals surface area contributed by atoms with Gasteiger partial charge in [0.05, 0.1) is 10.4 Å². The summed E-state index contributed by atoms with van der Waals surface area (Å²) >= 11 is 2.40. The van der Waals surface area contributed by atoms with Crippen molar-refractivity contribution in [2.75, 3.05) is 44.6 Å². The molecule has 5 amide bonds. The summed E-state index contributed by atoms with van der Waals surface area (Å²) in [5.74, 6) is -0.161. The van der Waals surface area contributed by atoms with Gasteiger partial charge in [0, 0.05) is 45.2 Å². The summed E-state index contributed by atoms with van der Waals surface area (Å²) < 4.78 is -0.680. The van der Waals surface area contributed by atoms with Crippen molar-refractivity contribution in [2.24, 2.45) is 0 Å². The van der Waals surface area contributed by atoms with Gasteiger partial charge in [-0.05, 0) is 76.2 Å². The Morgan fingerprint density at radius 3 is 2.50 bits per heavy atom. The Balaban J connectivity index is 1.28. The predicted octanol–water partition coefficient (Wildman–Crippen LogP) is 3.56. The number of thiophene rings is 1. The Kier molecular flexibility index (Phi) is 7.84. The maximum absolute atomic E-state index is 13.8. The second-order valence-corrected chi connectivity index (χ2v) is 12.7. The highest BCUT2D eigenvalue weighted by atomic mass is 32.2. The number of anilines is 1. The normalized spacial score (nSPS) is 24.7. The first kappa shape index (κ1) is 27.1. The minimum absolute atomic E-state index is 0.0337. The van der Waals surface area contributed by atoms with Crippen molar-refractivity contribution in [2.45, 2.75) is 69.6 Å². The van der Waals surface area contributed by atoms with Crippen molar-refractivity contribution >= 4 is 57.0 Å². The quantitative estimate of drug-likeness (QED) is 0.564. The number of thioether (sulfide) groups is 1. The molecule has 3 fully saturated rings. The molecule has 1 atom stereocenters. The van der Waals surface area contributed by atoms with E-state index in [-0.39, 0.29) is 34.9 Å². The molecule has 5 rings (SSSR count). The van der Waals surface area contributed by atoms with Gasteiger partial charge in [0.2, 0.25) is 5.91 Å². The summed E-state index contributed by atoms with van der Waals surface area (Å²) in [5.41, 5.74) is 1.23. The summed E-state index contributed by atoms with van der Waals surface area (Å²) in [6, 6.07) is -0.147. The third kappa shape index (κ3) is 4.86. The second kappa shape index (κ2) is 11.0. The number of ketones is 1. The second-order valence-electron chi connectivity index (χ2n) is 10.4.